The smallest absolute Gasteiger partial charge is 0.143 e. The summed E-state index contributed by atoms with van der Waals surface area (Å²) in [5.41, 5.74) is 23.1. The molecule has 62 heavy (non-hydrogen) atoms. The molecule has 0 amide bonds. The van der Waals surface area contributed by atoms with Crippen LogP contribution in [0.25, 0.3) is 77.6 Å². The molecule has 0 N–H and O–H groups in total. The number of hydrogen-bond acceptors (Lipinski definition) is 2. The van der Waals surface area contributed by atoms with Crippen molar-refractivity contribution < 1.29 is 4.42 Å². The molecule has 2 nitrogen and oxygen atoms in total. The van der Waals surface area contributed by atoms with Crippen molar-refractivity contribution in [2.75, 3.05) is 4.90 Å². The van der Waals surface area contributed by atoms with Gasteiger partial charge < -0.3 is 9.32 Å². The maximum Gasteiger partial charge on any atom is 0.143 e. The van der Waals surface area contributed by atoms with Gasteiger partial charge in [0, 0.05) is 44.2 Å². The maximum absolute atomic E-state index is 6.44. The second kappa shape index (κ2) is 13.5. The van der Waals surface area contributed by atoms with Gasteiger partial charge in [0.05, 0.1) is 0 Å². The lowest BCUT2D eigenvalue weighted by molar-refractivity contribution is 0.652. The first kappa shape index (κ1) is 36.4. The Kier molecular flexibility index (Phi) is 7.96. The predicted octanol–water partition coefficient (Wildman–Crippen LogP) is 16.7. The van der Waals surface area contributed by atoms with E-state index in [1.807, 2.05) is 12.1 Å². The van der Waals surface area contributed by atoms with Crippen LogP contribution in [0.3, 0.4) is 0 Å². The average Bonchev–Trinajstić information content (AvgIpc) is 3.89. The summed E-state index contributed by atoms with van der Waals surface area (Å²) in [6.45, 7) is 9.55. The van der Waals surface area contributed by atoms with Crippen molar-refractivity contribution in [2.45, 2.75) is 38.5 Å². The van der Waals surface area contributed by atoms with Crippen LogP contribution in [0.1, 0.15) is 49.9 Å². The Morgan fingerprint density at radius 1 is 0.339 bits per heavy atom. The summed E-state index contributed by atoms with van der Waals surface area (Å²) in [6.07, 6.45) is 0. The Balaban J connectivity index is 0.949. The molecule has 0 fully saturated rings. The van der Waals surface area contributed by atoms with Gasteiger partial charge in [0.15, 0.2) is 0 Å². The van der Waals surface area contributed by atoms with E-state index in [-0.39, 0.29) is 10.8 Å². The Bertz CT molecular complexity index is 3370. The highest BCUT2D eigenvalue weighted by Crippen LogP contribution is 2.57. The monoisotopic (exact) mass is 795 g/mol. The molecule has 2 aliphatic carbocycles. The fourth-order valence-electron chi connectivity index (χ4n) is 10.7. The normalized spacial score (nSPS) is 14.1. The van der Waals surface area contributed by atoms with Gasteiger partial charge in [-0.05, 0) is 127 Å². The van der Waals surface area contributed by atoms with Gasteiger partial charge in [-0.25, -0.2) is 0 Å². The van der Waals surface area contributed by atoms with E-state index < -0.39 is 0 Å². The van der Waals surface area contributed by atoms with Crippen molar-refractivity contribution in [3.05, 3.63) is 222 Å². The van der Waals surface area contributed by atoms with Gasteiger partial charge in [-0.2, -0.15) is 0 Å². The molecule has 1 heterocycles. The second-order valence-electron chi connectivity index (χ2n) is 18.1. The zero-order valence-corrected chi connectivity index (χ0v) is 35.4. The minimum atomic E-state index is -0.123. The molecular formula is C60H45NO. The van der Waals surface area contributed by atoms with Gasteiger partial charge in [0.1, 0.15) is 11.2 Å². The van der Waals surface area contributed by atoms with Crippen molar-refractivity contribution in [3.8, 4) is 55.6 Å². The molecule has 0 radical (unpaired) electrons. The fraction of sp³-hybridized carbons (Fsp3) is 0.100. The van der Waals surface area contributed by atoms with Crippen molar-refractivity contribution in [2.24, 2.45) is 0 Å². The third-order valence-electron chi connectivity index (χ3n) is 13.9. The number of furan rings is 1. The van der Waals surface area contributed by atoms with Crippen LogP contribution in [-0.2, 0) is 10.8 Å². The van der Waals surface area contributed by atoms with Gasteiger partial charge in [0.25, 0.3) is 0 Å². The standard InChI is InChI=1S/C60H45NO/c1-59(2)52-21-10-8-16-47(52)50-36-55-51(37-54(50)59)57-45(18-13-22-53(57)60(55,3)4)40-26-32-43(33-27-40)61(42-30-24-39(25-31-42)38-14-6-5-7-15-38)44-34-28-41(29-35-44)46-19-12-20-49-48-17-9-11-23-56(48)62-58(46)49/h5-37H,1-4H3. The van der Waals surface area contributed by atoms with Gasteiger partial charge in [-0.1, -0.05) is 173 Å². The molecule has 0 unspecified atom stereocenters. The molecule has 10 aromatic rings. The molecule has 0 saturated heterocycles. The Morgan fingerprint density at radius 3 is 1.55 bits per heavy atom. The molecule has 9 aromatic carbocycles. The number of nitrogens with zero attached hydrogens (tertiary/aromatic N) is 1. The van der Waals surface area contributed by atoms with Gasteiger partial charge in [-0.15, -0.1) is 0 Å². The quantitative estimate of drug-likeness (QED) is 0.167. The molecule has 0 aliphatic heterocycles. The third kappa shape index (κ3) is 5.43. The average molecular weight is 796 g/mol. The third-order valence-corrected chi connectivity index (χ3v) is 13.9. The summed E-state index contributed by atoms with van der Waals surface area (Å²) in [5, 5.41) is 2.28. The summed E-state index contributed by atoms with van der Waals surface area (Å²) < 4.78 is 6.44. The lowest BCUT2D eigenvalue weighted by atomic mass is 9.79. The van der Waals surface area contributed by atoms with Crippen LogP contribution in [0, 0.1) is 0 Å². The molecule has 1 aromatic heterocycles. The van der Waals surface area contributed by atoms with Crippen LogP contribution in [-0.4, -0.2) is 0 Å². The largest absolute Gasteiger partial charge is 0.455 e. The molecule has 12 rings (SSSR count). The lowest BCUT2D eigenvalue weighted by Gasteiger charge is -2.26. The number of anilines is 3. The van der Waals surface area contributed by atoms with E-state index in [1.54, 1.807) is 0 Å². The number of rotatable bonds is 6. The van der Waals surface area contributed by atoms with Crippen molar-refractivity contribution in [1.29, 1.82) is 0 Å². The summed E-state index contributed by atoms with van der Waals surface area (Å²) in [6, 6.07) is 73.3. The maximum atomic E-state index is 6.44. The molecule has 2 heteroatoms. The first-order valence-corrected chi connectivity index (χ1v) is 21.8. The molecule has 0 atom stereocenters. The van der Waals surface area contributed by atoms with Gasteiger partial charge >= 0.3 is 0 Å². The van der Waals surface area contributed by atoms with Crippen LogP contribution in [0.15, 0.2) is 205 Å². The molecule has 2 aliphatic rings. The lowest BCUT2D eigenvalue weighted by Crippen LogP contribution is -2.16. The van der Waals surface area contributed by atoms with Crippen LogP contribution in [0.2, 0.25) is 0 Å². The van der Waals surface area contributed by atoms with Crippen LogP contribution in [0.5, 0.6) is 0 Å². The molecular weight excluding hydrogens is 751 g/mol. The summed E-state index contributed by atoms with van der Waals surface area (Å²) in [4.78, 5) is 2.36. The van der Waals surface area contributed by atoms with Gasteiger partial charge in [-0.3, -0.25) is 0 Å². The zero-order chi connectivity index (χ0) is 41.7. The zero-order valence-electron chi connectivity index (χ0n) is 35.4. The van der Waals surface area contributed by atoms with Crippen LogP contribution < -0.4 is 4.90 Å². The van der Waals surface area contributed by atoms with E-state index in [4.69, 9.17) is 4.42 Å². The number of benzene rings is 9. The van der Waals surface area contributed by atoms with E-state index in [0.717, 1.165) is 50.1 Å². The molecule has 0 bridgehead atoms. The van der Waals surface area contributed by atoms with Crippen molar-refractivity contribution in [3.63, 3.8) is 0 Å². The number of fused-ring (bicyclic) bond motifs is 9. The second-order valence-corrected chi connectivity index (χ2v) is 18.1. The topological polar surface area (TPSA) is 16.4 Å². The highest BCUT2D eigenvalue weighted by Gasteiger charge is 2.42. The van der Waals surface area contributed by atoms with E-state index in [2.05, 4.69) is 221 Å². The molecule has 0 saturated carbocycles. The van der Waals surface area contributed by atoms with Crippen molar-refractivity contribution >= 4 is 39.0 Å². The summed E-state index contributed by atoms with van der Waals surface area (Å²) in [7, 11) is 0. The summed E-state index contributed by atoms with van der Waals surface area (Å²) in [5.74, 6) is 0. The minimum Gasteiger partial charge on any atom is -0.455 e. The van der Waals surface area contributed by atoms with Crippen LogP contribution >= 0.6 is 0 Å². The predicted molar refractivity (Wildman–Crippen MR) is 260 cm³/mol. The Labute approximate surface area is 363 Å². The first-order chi connectivity index (χ1) is 30.3. The Hall–Kier alpha value is -7.42. The highest BCUT2D eigenvalue weighted by molar-refractivity contribution is 6.09. The van der Waals surface area contributed by atoms with E-state index in [0.29, 0.717) is 0 Å². The van der Waals surface area contributed by atoms with E-state index >= 15 is 0 Å². The Morgan fingerprint density at radius 2 is 0.823 bits per heavy atom. The molecule has 296 valence electrons. The van der Waals surface area contributed by atoms with Gasteiger partial charge in [0.2, 0.25) is 0 Å². The summed E-state index contributed by atoms with van der Waals surface area (Å²) >= 11 is 0. The van der Waals surface area contributed by atoms with Crippen LogP contribution in [0.4, 0.5) is 17.1 Å². The number of hydrogen-bond donors (Lipinski definition) is 0. The van der Waals surface area contributed by atoms with E-state index in [1.165, 1.54) is 66.8 Å². The first-order valence-electron chi connectivity index (χ1n) is 21.8. The number of para-hydroxylation sites is 2. The molecule has 0 spiro atoms. The van der Waals surface area contributed by atoms with E-state index in [9.17, 15) is 0 Å². The fourth-order valence-corrected chi connectivity index (χ4v) is 10.7. The SMILES string of the molecule is CC1(C)c2ccccc2-c2cc3c(cc21)-c1c(-c2ccc(N(c4ccc(-c5ccccc5)cc4)c4ccc(-c5cccc6c5oc5ccccc56)cc4)cc2)cccc1C3(C)C. The minimum absolute atomic E-state index is 0.0633. The highest BCUT2D eigenvalue weighted by atomic mass is 16.3. The van der Waals surface area contributed by atoms with Crippen molar-refractivity contribution in [1.82, 2.24) is 0 Å².